The molecular weight excluding hydrogens is 202 g/mol. The average Bonchev–Trinajstić information content (AvgIpc) is 2.67. The van der Waals surface area contributed by atoms with Crippen molar-refractivity contribution in [1.29, 1.82) is 0 Å². The summed E-state index contributed by atoms with van der Waals surface area (Å²) in [7, 11) is -1.37. The maximum Gasteiger partial charge on any atom is 0.127 e. The van der Waals surface area contributed by atoms with E-state index in [9.17, 15) is 0 Å². The molecule has 0 spiro atoms. The monoisotopic (exact) mass is 217 g/mol. The zero-order valence-corrected chi connectivity index (χ0v) is 10.3. The summed E-state index contributed by atoms with van der Waals surface area (Å²) in [5.41, 5.74) is 2.05. The fourth-order valence-corrected chi connectivity index (χ4v) is 2.26. The molecule has 1 heterocycles. The van der Waals surface area contributed by atoms with E-state index in [2.05, 4.69) is 30.9 Å². The van der Waals surface area contributed by atoms with Gasteiger partial charge in [0.2, 0.25) is 0 Å². The summed E-state index contributed by atoms with van der Waals surface area (Å²) >= 11 is 0. The molecule has 1 aromatic heterocycles. The van der Waals surface area contributed by atoms with Gasteiger partial charge in [0, 0.05) is 11.6 Å². The first-order valence-electron chi connectivity index (χ1n) is 5.10. The van der Waals surface area contributed by atoms with Gasteiger partial charge in [-0.25, -0.2) is 0 Å². The number of nitrogens with zero attached hydrogens (tertiary/aromatic N) is 1. The molecule has 0 saturated carbocycles. The third-order valence-corrected chi connectivity index (χ3v) is 4.03. The summed E-state index contributed by atoms with van der Waals surface area (Å²) in [5, 5.41) is 5.17. The highest BCUT2D eigenvalue weighted by atomic mass is 28.3. The quantitative estimate of drug-likeness (QED) is 0.723. The molecule has 0 atom stereocenters. The third-order valence-electron chi connectivity index (χ3n) is 2.32. The van der Waals surface area contributed by atoms with Crippen molar-refractivity contribution >= 4 is 13.5 Å². The van der Waals surface area contributed by atoms with Crippen LogP contribution in [0.2, 0.25) is 19.6 Å². The first-order valence-corrected chi connectivity index (χ1v) is 8.60. The molecule has 0 unspecified atom stereocenters. The molecule has 0 aliphatic heterocycles. The van der Waals surface area contributed by atoms with Crippen LogP contribution < -0.4 is 5.38 Å². The second-order valence-corrected chi connectivity index (χ2v) is 9.69. The van der Waals surface area contributed by atoms with Gasteiger partial charge in [0.15, 0.2) is 0 Å². The number of aromatic nitrogens is 1. The molecule has 78 valence electrons. The van der Waals surface area contributed by atoms with Crippen LogP contribution in [0.25, 0.3) is 11.3 Å². The lowest BCUT2D eigenvalue weighted by molar-refractivity contribution is 0.446. The molecule has 3 heteroatoms. The Morgan fingerprint density at radius 1 is 1.07 bits per heavy atom. The fourth-order valence-electron chi connectivity index (χ4n) is 1.37. The van der Waals surface area contributed by atoms with Crippen LogP contribution in [0.1, 0.15) is 0 Å². The lowest BCUT2D eigenvalue weighted by Gasteiger charge is -2.08. The van der Waals surface area contributed by atoms with E-state index in [1.807, 2.05) is 30.3 Å². The molecular formula is C12H15NOSi. The Labute approximate surface area is 90.9 Å². The summed E-state index contributed by atoms with van der Waals surface area (Å²) in [4.78, 5) is 0. The van der Waals surface area contributed by atoms with Crippen molar-refractivity contribution in [3.05, 3.63) is 36.4 Å². The predicted molar refractivity (Wildman–Crippen MR) is 64.9 cm³/mol. The highest BCUT2D eigenvalue weighted by molar-refractivity contribution is 6.87. The summed E-state index contributed by atoms with van der Waals surface area (Å²) < 4.78 is 5.40. The van der Waals surface area contributed by atoms with Gasteiger partial charge in [-0.05, 0) is 0 Å². The zero-order chi connectivity index (χ0) is 10.9. The van der Waals surface area contributed by atoms with Crippen molar-refractivity contribution in [1.82, 2.24) is 5.16 Å². The second-order valence-electron chi connectivity index (χ2n) is 4.69. The van der Waals surface area contributed by atoms with E-state index in [4.69, 9.17) is 4.52 Å². The van der Waals surface area contributed by atoms with Gasteiger partial charge in [0.05, 0.1) is 0 Å². The van der Waals surface area contributed by atoms with Crippen LogP contribution in [0.3, 0.4) is 0 Å². The summed E-state index contributed by atoms with van der Waals surface area (Å²) in [6, 6.07) is 12.2. The van der Waals surface area contributed by atoms with Crippen LogP contribution in [0, 0.1) is 0 Å². The van der Waals surface area contributed by atoms with Crippen molar-refractivity contribution in [2.45, 2.75) is 19.6 Å². The molecule has 0 aliphatic carbocycles. The van der Waals surface area contributed by atoms with Crippen LogP contribution in [0.15, 0.2) is 40.9 Å². The normalized spacial score (nSPS) is 11.7. The Balaban J connectivity index is 2.37. The van der Waals surface area contributed by atoms with Gasteiger partial charge in [-0.1, -0.05) is 55.1 Å². The molecule has 0 fully saturated rings. The topological polar surface area (TPSA) is 26.0 Å². The van der Waals surface area contributed by atoms with Gasteiger partial charge in [-0.15, -0.1) is 0 Å². The Hall–Kier alpha value is -1.35. The molecule has 0 bridgehead atoms. The molecule has 0 amide bonds. The minimum Gasteiger partial charge on any atom is -0.366 e. The Morgan fingerprint density at radius 3 is 2.27 bits per heavy atom. The standard InChI is InChI=1S/C12H15NOSi/c1-15(2,3)12-9-11(13-14-12)10-7-5-4-6-8-10/h4-9H,1-3H3. The number of benzene rings is 1. The maximum atomic E-state index is 5.40. The maximum absolute atomic E-state index is 5.40. The molecule has 0 radical (unpaired) electrons. The summed E-state index contributed by atoms with van der Waals surface area (Å²) in [6.07, 6.45) is 0. The number of rotatable bonds is 2. The van der Waals surface area contributed by atoms with E-state index < -0.39 is 8.07 Å². The average molecular weight is 217 g/mol. The van der Waals surface area contributed by atoms with Gasteiger partial charge in [0.25, 0.3) is 0 Å². The first kappa shape index (κ1) is 10.2. The van der Waals surface area contributed by atoms with Crippen LogP contribution >= 0.6 is 0 Å². The molecule has 1 aromatic carbocycles. The van der Waals surface area contributed by atoms with E-state index in [0.29, 0.717) is 0 Å². The molecule has 2 aromatic rings. The predicted octanol–water partition coefficient (Wildman–Crippen LogP) is 2.89. The van der Waals surface area contributed by atoms with E-state index in [-0.39, 0.29) is 0 Å². The van der Waals surface area contributed by atoms with E-state index in [1.54, 1.807) is 0 Å². The van der Waals surface area contributed by atoms with Gasteiger partial charge in [-0.3, -0.25) is 0 Å². The lowest BCUT2D eigenvalue weighted by atomic mass is 10.2. The van der Waals surface area contributed by atoms with Crippen LogP contribution in [-0.2, 0) is 0 Å². The molecule has 2 nitrogen and oxygen atoms in total. The van der Waals surface area contributed by atoms with E-state index >= 15 is 0 Å². The lowest BCUT2D eigenvalue weighted by Crippen LogP contribution is -2.36. The Kier molecular flexibility index (Phi) is 2.48. The summed E-state index contributed by atoms with van der Waals surface area (Å²) in [5.74, 6) is 0. The van der Waals surface area contributed by atoms with Crippen molar-refractivity contribution in [3.63, 3.8) is 0 Å². The van der Waals surface area contributed by atoms with Crippen molar-refractivity contribution < 1.29 is 4.52 Å². The van der Waals surface area contributed by atoms with Crippen LogP contribution in [0.4, 0.5) is 0 Å². The second kappa shape index (κ2) is 3.66. The largest absolute Gasteiger partial charge is 0.366 e. The van der Waals surface area contributed by atoms with Gasteiger partial charge in [-0.2, -0.15) is 0 Å². The van der Waals surface area contributed by atoms with Gasteiger partial charge in [0.1, 0.15) is 19.2 Å². The van der Waals surface area contributed by atoms with Crippen molar-refractivity contribution in [2.24, 2.45) is 0 Å². The number of hydrogen-bond acceptors (Lipinski definition) is 2. The van der Waals surface area contributed by atoms with E-state index in [0.717, 1.165) is 16.6 Å². The molecule has 0 saturated heterocycles. The van der Waals surface area contributed by atoms with E-state index in [1.165, 1.54) is 0 Å². The SMILES string of the molecule is C[Si](C)(C)c1cc(-c2ccccc2)no1. The summed E-state index contributed by atoms with van der Waals surface area (Å²) in [6.45, 7) is 6.76. The van der Waals surface area contributed by atoms with Crippen molar-refractivity contribution in [3.8, 4) is 11.3 Å². The molecule has 0 N–H and O–H groups in total. The number of hydrogen-bond donors (Lipinski definition) is 0. The highest BCUT2D eigenvalue weighted by Gasteiger charge is 2.22. The third kappa shape index (κ3) is 2.18. The van der Waals surface area contributed by atoms with Gasteiger partial charge < -0.3 is 4.52 Å². The molecule has 15 heavy (non-hydrogen) atoms. The zero-order valence-electron chi connectivity index (χ0n) is 9.32. The van der Waals surface area contributed by atoms with Crippen LogP contribution in [-0.4, -0.2) is 13.2 Å². The minimum absolute atomic E-state index is 0.938. The molecule has 2 rings (SSSR count). The minimum atomic E-state index is -1.37. The fraction of sp³-hybridized carbons (Fsp3) is 0.250. The highest BCUT2D eigenvalue weighted by Crippen LogP contribution is 2.16. The van der Waals surface area contributed by atoms with Crippen LogP contribution in [0.5, 0.6) is 0 Å². The Morgan fingerprint density at radius 2 is 1.73 bits per heavy atom. The molecule has 0 aliphatic rings. The smallest absolute Gasteiger partial charge is 0.127 e. The van der Waals surface area contributed by atoms with Gasteiger partial charge >= 0.3 is 0 Å². The Bertz CT molecular complexity index is 442. The first-order chi connectivity index (χ1) is 7.07. The van der Waals surface area contributed by atoms with Crippen molar-refractivity contribution in [2.75, 3.05) is 0 Å².